The van der Waals surface area contributed by atoms with Crippen molar-refractivity contribution in [2.75, 3.05) is 6.61 Å². The topological polar surface area (TPSA) is 26.3 Å². The van der Waals surface area contributed by atoms with E-state index in [2.05, 4.69) is 0 Å². The maximum Gasteiger partial charge on any atom is 0.338 e. The van der Waals surface area contributed by atoms with E-state index < -0.39 is 12.1 Å². The Bertz CT molecular complexity index is 604. The SMILES string of the molecule is CC(F)COC(=O)/C(=C/c1ccccc1)c1ccccc1. The average molecular weight is 284 g/mol. The number of ether oxygens (including phenoxy) is 1. The normalized spacial score (nSPS) is 12.8. The molecular weight excluding hydrogens is 267 g/mol. The molecule has 108 valence electrons. The Hall–Kier alpha value is -2.42. The van der Waals surface area contributed by atoms with Gasteiger partial charge in [0.2, 0.25) is 0 Å². The summed E-state index contributed by atoms with van der Waals surface area (Å²) >= 11 is 0. The summed E-state index contributed by atoms with van der Waals surface area (Å²) < 4.78 is 17.9. The third kappa shape index (κ3) is 4.56. The summed E-state index contributed by atoms with van der Waals surface area (Å²) in [6, 6.07) is 18.7. The van der Waals surface area contributed by atoms with Crippen molar-refractivity contribution >= 4 is 17.6 Å². The lowest BCUT2D eigenvalue weighted by atomic mass is 10.0. The Morgan fingerprint density at radius 1 is 1.10 bits per heavy atom. The first kappa shape index (κ1) is 15.0. The van der Waals surface area contributed by atoms with E-state index in [0.717, 1.165) is 11.1 Å². The highest BCUT2D eigenvalue weighted by Gasteiger charge is 2.14. The van der Waals surface area contributed by atoms with E-state index in [0.29, 0.717) is 5.57 Å². The molecule has 1 unspecified atom stereocenters. The largest absolute Gasteiger partial charge is 0.459 e. The molecule has 0 N–H and O–H groups in total. The maximum absolute atomic E-state index is 12.9. The molecular formula is C18H17FO2. The number of rotatable bonds is 5. The number of hydrogen-bond acceptors (Lipinski definition) is 2. The van der Waals surface area contributed by atoms with Crippen LogP contribution in [0.25, 0.3) is 11.6 Å². The lowest BCUT2D eigenvalue weighted by Gasteiger charge is -2.09. The molecule has 0 aliphatic carbocycles. The number of esters is 1. The number of carbonyl (C=O) groups is 1. The zero-order valence-corrected chi connectivity index (χ0v) is 11.8. The van der Waals surface area contributed by atoms with Gasteiger partial charge in [-0.3, -0.25) is 0 Å². The third-order valence-electron chi connectivity index (χ3n) is 2.86. The molecule has 0 saturated heterocycles. The molecule has 2 rings (SSSR count). The van der Waals surface area contributed by atoms with Gasteiger partial charge >= 0.3 is 5.97 Å². The van der Waals surface area contributed by atoms with Crippen molar-refractivity contribution in [3.63, 3.8) is 0 Å². The molecule has 0 amide bonds. The van der Waals surface area contributed by atoms with Gasteiger partial charge in [-0.15, -0.1) is 0 Å². The Balaban J connectivity index is 2.31. The fourth-order valence-electron chi connectivity index (χ4n) is 1.86. The fraction of sp³-hybridized carbons (Fsp3) is 0.167. The summed E-state index contributed by atoms with van der Waals surface area (Å²) in [7, 11) is 0. The average Bonchev–Trinajstić information content (AvgIpc) is 2.52. The third-order valence-corrected chi connectivity index (χ3v) is 2.86. The molecule has 0 heterocycles. The number of halogens is 1. The zero-order chi connectivity index (χ0) is 15.1. The first-order valence-electron chi connectivity index (χ1n) is 6.80. The van der Waals surface area contributed by atoms with Crippen molar-refractivity contribution in [1.29, 1.82) is 0 Å². The zero-order valence-electron chi connectivity index (χ0n) is 11.8. The molecule has 2 nitrogen and oxygen atoms in total. The second-order valence-electron chi connectivity index (χ2n) is 4.71. The summed E-state index contributed by atoms with van der Waals surface area (Å²) in [4.78, 5) is 12.2. The van der Waals surface area contributed by atoms with Crippen LogP contribution in [-0.2, 0) is 9.53 Å². The van der Waals surface area contributed by atoms with Crippen molar-refractivity contribution in [2.24, 2.45) is 0 Å². The lowest BCUT2D eigenvalue weighted by Crippen LogP contribution is -2.13. The van der Waals surface area contributed by atoms with Crippen molar-refractivity contribution in [3.8, 4) is 0 Å². The Labute approximate surface area is 123 Å². The van der Waals surface area contributed by atoms with Gasteiger partial charge in [0.1, 0.15) is 12.8 Å². The van der Waals surface area contributed by atoms with E-state index in [-0.39, 0.29) is 6.61 Å². The smallest absolute Gasteiger partial charge is 0.338 e. The van der Waals surface area contributed by atoms with Crippen LogP contribution in [0.5, 0.6) is 0 Å². The quantitative estimate of drug-likeness (QED) is 0.469. The second kappa shape index (κ2) is 7.39. The molecule has 0 bridgehead atoms. The standard InChI is InChI=1S/C18H17FO2/c1-14(19)13-21-18(20)17(16-10-6-3-7-11-16)12-15-8-4-2-5-9-15/h2-12,14H,13H2,1H3/b17-12+. The highest BCUT2D eigenvalue weighted by atomic mass is 19.1. The first-order valence-corrected chi connectivity index (χ1v) is 6.80. The summed E-state index contributed by atoms with van der Waals surface area (Å²) in [6.07, 6.45) is 0.573. The van der Waals surface area contributed by atoms with Crippen molar-refractivity contribution in [1.82, 2.24) is 0 Å². The van der Waals surface area contributed by atoms with Gasteiger partial charge in [0, 0.05) is 0 Å². The minimum absolute atomic E-state index is 0.238. The van der Waals surface area contributed by atoms with E-state index in [1.54, 1.807) is 6.08 Å². The van der Waals surface area contributed by atoms with Crippen molar-refractivity contribution in [3.05, 3.63) is 71.8 Å². The predicted octanol–water partition coefficient (Wildman–Crippen LogP) is 4.13. The molecule has 1 atom stereocenters. The van der Waals surface area contributed by atoms with Crippen LogP contribution in [0.1, 0.15) is 18.1 Å². The van der Waals surface area contributed by atoms with Crippen LogP contribution in [0.2, 0.25) is 0 Å². The van der Waals surface area contributed by atoms with Gasteiger partial charge in [-0.25, -0.2) is 9.18 Å². The van der Waals surface area contributed by atoms with Crippen LogP contribution < -0.4 is 0 Å². The molecule has 21 heavy (non-hydrogen) atoms. The fourth-order valence-corrected chi connectivity index (χ4v) is 1.86. The number of carbonyl (C=O) groups excluding carboxylic acids is 1. The minimum Gasteiger partial charge on any atom is -0.459 e. The summed E-state index contributed by atoms with van der Waals surface area (Å²) in [5, 5.41) is 0. The molecule has 2 aromatic rings. The molecule has 0 fully saturated rings. The summed E-state index contributed by atoms with van der Waals surface area (Å²) in [5.74, 6) is -0.519. The Morgan fingerprint density at radius 3 is 2.24 bits per heavy atom. The van der Waals surface area contributed by atoms with Gasteiger partial charge in [0.25, 0.3) is 0 Å². The molecule has 3 heteroatoms. The minimum atomic E-state index is -1.18. The van der Waals surface area contributed by atoms with Crippen LogP contribution in [-0.4, -0.2) is 18.7 Å². The number of benzene rings is 2. The van der Waals surface area contributed by atoms with Gasteiger partial charge in [0.05, 0.1) is 5.57 Å². The van der Waals surface area contributed by atoms with Gasteiger partial charge in [0.15, 0.2) is 0 Å². The van der Waals surface area contributed by atoms with Crippen LogP contribution in [0, 0.1) is 0 Å². The van der Waals surface area contributed by atoms with Gasteiger partial charge in [-0.2, -0.15) is 0 Å². The first-order chi connectivity index (χ1) is 10.2. The van der Waals surface area contributed by atoms with Gasteiger partial charge < -0.3 is 4.74 Å². The van der Waals surface area contributed by atoms with E-state index in [4.69, 9.17) is 4.74 Å². The van der Waals surface area contributed by atoms with Crippen molar-refractivity contribution in [2.45, 2.75) is 13.1 Å². The number of alkyl halides is 1. The number of hydrogen-bond donors (Lipinski definition) is 0. The molecule has 2 aromatic carbocycles. The molecule has 0 aliphatic heterocycles. The summed E-state index contributed by atoms with van der Waals surface area (Å²) in [5.41, 5.74) is 2.06. The van der Waals surface area contributed by atoms with E-state index >= 15 is 0 Å². The lowest BCUT2D eigenvalue weighted by molar-refractivity contribution is -0.138. The molecule has 0 saturated carbocycles. The Kier molecular flexibility index (Phi) is 5.27. The predicted molar refractivity (Wildman–Crippen MR) is 82.3 cm³/mol. The van der Waals surface area contributed by atoms with Gasteiger partial charge in [-0.05, 0) is 24.1 Å². The van der Waals surface area contributed by atoms with Crippen molar-refractivity contribution < 1.29 is 13.9 Å². The Morgan fingerprint density at radius 2 is 1.67 bits per heavy atom. The monoisotopic (exact) mass is 284 g/mol. The van der Waals surface area contributed by atoms with Crippen LogP contribution in [0.4, 0.5) is 4.39 Å². The molecule has 0 aromatic heterocycles. The molecule has 0 spiro atoms. The van der Waals surface area contributed by atoms with E-state index in [1.165, 1.54) is 6.92 Å². The summed E-state index contributed by atoms with van der Waals surface area (Å²) in [6.45, 7) is 1.12. The maximum atomic E-state index is 12.9. The van der Waals surface area contributed by atoms with Crippen LogP contribution >= 0.6 is 0 Å². The van der Waals surface area contributed by atoms with Crippen LogP contribution in [0.15, 0.2) is 60.7 Å². The highest BCUT2D eigenvalue weighted by Crippen LogP contribution is 2.20. The van der Waals surface area contributed by atoms with Gasteiger partial charge in [-0.1, -0.05) is 60.7 Å². The van der Waals surface area contributed by atoms with Crippen LogP contribution in [0.3, 0.4) is 0 Å². The van der Waals surface area contributed by atoms with E-state index in [9.17, 15) is 9.18 Å². The molecule has 0 radical (unpaired) electrons. The molecule has 0 aliphatic rings. The second-order valence-corrected chi connectivity index (χ2v) is 4.71. The highest BCUT2D eigenvalue weighted by molar-refractivity contribution is 6.21. The van der Waals surface area contributed by atoms with E-state index in [1.807, 2.05) is 60.7 Å².